The first kappa shape index (κ1) is 14.5. The summed E-state index contributed by atoms with van der Waals surface area (Å²) in [5.74, 6) is 1.49. The summed E-state index contributed by atoms with van der Waals surface area (Å²) in [6, 6.07) is 14.4. The van der Waals surface area contributed by atoms with Crippen LogP contribution in [0.2, 0.25) is 0 Å². The van der Waals surface area contributed by atoms with Gasteiger partial charge in [0.05, 0.1) is 0 Å². The van der Waals surface area contributed by atoms with Gasteiger partial charge in [0.25, 0.3) is 0 Å². The highest BCUT2D eigenvalue weighted by molar-refractivity contribution is 6.09. The van der Waals surface area contributed by atoms with Crippen LogP contribution < -0.4 is 0 Å². The molecule has 2 atom stereocenters. The summed E-state index contributed by atoms with van der Waals surface area (Å²) in [4.78, 5) is 0. The maximum absolute atomic E-state index is 9.85. The Morgan fingerprint density at radius 3 is 2.57 bits per heavy atom. The molecule has 3 aromatic carbocycles. The fourth-order valence-electron chi connectivity index (χ4n) is 4.19. The van der Waals surface area contributed by atoms with Crippen molar-refractivity contribution < 1.29 is 10.2 Å². The van der Waals surface area contributed by atoms with Gasteiger partial charge in [-0.05, 0) is 75.9 Å². The molecule has 1 aliphatic carbocycles. The molecule has 2 heteroatoms. The van der Waals surface area contributed by atoms with Crippen LogP contribution in [0.1, 0.15) is 24.5 Å². The predicted molar refractivity (Wildman–Crippen MR) is 94.9 cm³/mol. The maximum Gasteiger partial charge on any atom is 0.116 e. The first-order valence-corrected chi connectivity index (χ1v) is 8.44. The summed E-state index contributed by atoms with van der Waals surface area (Å²) < 4.78 is 0. The fraction of sp³-hybridized carbons (Fsp3) is 0.333. The Morgan fingerprint density at radius 1 is 0.957 bits per heavy atom. The molecule has 1 aliphatic rings. The molecule has 3 aromatic rings. The van der Waals surface area contributed by atoms with E-state index in [4.69, 9.17) is 0 Å². The number of hydrogen-bond donors (Lipinski definition) is 2. The maximum atomic E-state index is 9.85. The van der Waals surface area contributed by atoms with Crippen LogP contribution in [-0.4, -0.2) is 16.8 Å². The summed E-state index contributed by atoms with van der Waals surface area (Å²) in [6.07, 6.45) is 3.01. The third-order valence-corrected chi connectivity index (χ3v) is 5.52. The quantitative estimate of drug-likeness (QED) is 0.688. The van der Waals surface area contributed by atoms with Gasteiger partial charge in [-0.2, -0.15) is 0 Å². The van der Waals surface area contributed by atoms with Crippen molar-refractivity contribution in [1.82, 2.24) is 0 Å². The summed E-state index contributed by atoms with van der Waals surface area (Å²) in [5, 5.41) is 24.0. The van der Waals surface area contributed by atoms with Gasteiger partial charge in [0, 0.05) is 6.61 Å². The molecule has 0 aromatic heterocycles. The molecule has 0 aliphatic heterocycles. The molecule has 0 spiro atoms. The normalized spacial score (nSPS) is 20.8. The molecule has 0 fully saturated rings. The van der Waals surface area contributed by atoms with Gasteiger partial charge >= 0.3 is 0 Å². The van der Waals surface area contributed by atoms with Crippen LogP contribution in [0, 0.1) is 11.8 Å². The van der Waals surface area contributed by atoms with Crippen molar-refractivity contribution in [3.8, 4) is 5.75 Å². The van der Waals surface area contributed by atoms with E-state index in [0.717, 1.165) is 30.0 Å². The number of aromatic hydroxyl groups is 1. The van der Waals surface area contributed by atoms with E-state index >= 15 is 0 Å². The minimum atomic E-state index is 0.270. The molecule has 0 heterocycles. The Morgan fingerprint density at radius 2 is 1.74 bits per heavy atom. The lowest BCUT2D eigenvalue weighted by Crippen LogP contribution is -2.24. The molecule has 2 N–H and O–H groups in total. The van der Waals surface area contributed by atoms with Crippen LogP contribution in [0.25, 0.3) is 21.5 Å². The SMILES string of the molecule is CC1Cc2ccc3c(ccc4ccc(O)cc43)c2CC1CCO. The zero-order valence-corrected chi connectivity index (χ0v) is 13.4. The zero-order valence-electron chi connectivity index (χ0n) is 13.4. The zero-order chi connectivity index (χ0) is 16.0. The summed E-state index contributed by atoms with van der Waals surface area (Å²) in [5.41, 5.74) is 2.88. The molecule has 0 radical (unpaired) electrons. The van der Waals surface area contributed by atoms with Crippen molar-refractivity contribution in [3.63, 3.8) is 0 Å². The van der Waals surface area contributed by atoms with Gasteiger partial charge in [-0.15, -0.1) is 0 Å². The number of aliphatic hydroxyl groups is 1. The number of aliphatic hydroxyl groups excluding tert-OH is 1. The number of hydrogen-bond acceptors (Lipinski definition) is 2. The van der Waals surface area contributed by atoms with Crippen molar-refractivity contribution in [1.29, 1.82) is 0 Å². The molecular weight excluding hydrogens is 284 g/mol. The summed E-state index contributed by atoms with van der Waals surface area (Å²) >= 11 is 0. The highest BCUT2D eigenvalue weighted by Gasteiger charge is 2.26. The standard InChI is InChI=1S/C21H22O2/c1-13-10-16-4-7-19-18(20(16)11-15(13)8-9-22)6-3-14-2-5-17(23)12-21(14)19/h2-7,12-13,15,22-23H,8-11H2,1H3. The molecule has 0 bridgehead atoms. The lowest BCUT2D eigenvalue weighted by Gasteiger charge is -2.31. The number of benzene rings is 3. The van der Waals surface area contributed by atoms with E-state index in [1.807, 2.05) is 12.1 Å². The molecule has 23 heavy (non-hydrogen) atoms. The molecular formula is C21H22O2. The smallest absolute Gasteiger partial charge is 0.116 e. The highest BCUT2D eigenvalue weighted by atomic mass is 16.3. The molecule has 0 saturated carbocycles. The van der Waals surface area contributed by atoms with Gasteiger partial charge in [-0.3, -0.25) is 0 Å². The number of fused-ring (bicyclic) bond motifs is 5. The van der Waals surface area contributed by atoms with Crippen molar-refractivity contribution in [2.24, 2.45) is 11.8 Å². The third-order valence-electron chi connectivity index (χ3n) is 5.52. The second kappa shape index (κ2) is 5.54. The number of phenolic OH excluding ortho intramolecular Hbond substituents is 1. The van der Waals surface area contributed by atoms with Crippen LogP contribution in [0.4, 0.5) is 0 Å². The molecule has 4 rings (SSSR count). The molecule has 0 amide bonds. The van der Waals surface area contributed by atoms with E-state index < -0.39 is 0 Å². The molecule has 2 unspecified atom stereocenters. The van der Waals surface area contributed by atoms with Crippen LogP contribution >= 0.6 is 0 Å². The van der Waals surface area contributed by atoms with Crippen LogP contribution in [0.15, 0.2) is 42.5 Å². The molecule has 118 valence electrons. The topological polar surface area (TPSA) is 40.5 Å². The van der Waals surface area contributed by atoms with E-state index in [9.17, 15) is 10.2 Å². The first-order chi connectivity index (χ1) is 11.2. The van der Waals surface area contributed by atoms with Gasteiger partial charge < -0.3 is 10.2 Å². The van der Waals surface area contributed by atoms with Crippen LogP contribution in [0.5, 0.6) is 5.75 Å². The highest BCUT2D eigenvalue weighted by Crippen LogP contribution is 2.38. The minimum Gasteiger partial charge on any atom is -0.508 e. The first-order valence-electron chi connectivity index (χ1n) is 8.44. The van der Waals surface area contributed by atoms with Gasteiger partial charge in [0.15, 0.2) is 0 Å². The average molecular weight is 306 g/mol. The van der Waals surface area contributed by atoms with Gasteiger partial charge in [0.2, 0.25) is 0 Å². The molecule has 2 nitrogen and oxygen atoms in total. The number of phenols is 1. The average Bonchev–Trinajstić information content (AvgIpc) is 2.55. The van der Waals surface area contributed by atoms with Gasteiger partial charge in [-0.1, -0.05) is 37.3 Å². The Kier molecular flexibility index (Phi) is 3.50. The van der Waals surface area contributed by atoms with E-state index in [0.29, 0.717) is 17.6 Å². The Hall–Kier alpha value is -2.06. The Balaban J connectivity index is 1.94. The monoisotopic (exact) mass is 306 g/mol. The van der Waals surface area contributed by atoms with E-state index in [2.05, 4.69) is 31.2 Å². The van der Waals surface area contributed by atoms with E-state index in [1.165, 1.54) is 21.9 Å². The minimum absolute atomic E-state index is 0.270. The summed E-state index contributed by atoms with van der Waals surface area (Å²) in [7, 11) is 0. The lowest BCUT2D eigenvalue weighted by atomic mass is 9.74. The van der Waals surface area contributed by atoms with Crippen molar-refractivity contribution >= 4 is 21.5 Å². The second-order valence-electron chi connectivity index (χ2n) is 6.93. The van der Waals surface area contributed by atoms with Crippen LogP contribution in [0.3, 0.4) is 0 Å². The lowest BCUT2D eigenvalue weighted by molar-refractivity contribution is 0.217. The summed E-state index contributed by atoms with van der Waals surface area (Å²) in [6.45, 7) is 2.57. The van der Waals surface area contributed by atoms with Crippen molar-refractivity contribution in [3.05, 3.63) is 53.6 Å². The van der Waals surface area contributed by atoms with Crippen LogP contribution in [-0.2, 0) is 12.8 Å². The van der Waals surface area contributed by atoms with Gasteiger partial charge in [-0.25, -0.2) is 0 Å². The Labute approximate surface area is 136 Å². The predicted octanol–water partition coefficient (Wildman–Crippen LogP) is 4.43. The molecule has 0 saturated heterocycles. The Bertz CT molecular complexity index is 882. The second-order valence-corrected chi connectivity index (χ2v) is 6.93. The van der Waals surface area contributed by atoms with E-state index in [-0.39, 0.29) is 6.61 Å². The largest absolute Gasteiger partial charge is 0.508 e. The van der Waals surface area contributed by atoms with Crippen molar-refractivity contribution in [2.75, 3.05) is 6.61 Å². The third kappa shape index (κ3) is 2.38. The van der Waals surface area contributed by atoms with Gasteiger partial charge in [0.1, 0.15) is 5.75 Å². The van der Waals surface area contributed by atoms with E-state index in [1.54, 1.807) is 6.07 Å². The number of rotatable bonds is 2. The van der Waals surface area contributed by atoms with Crippen molar-refractivity contribution in [2.45, 2.75) is 26.2 Å². The fourth-order valence-corrected chi connectivity index (χ4v) is 4.19.